The lowest BCUT2D eigenvalue weighted by Gasteiger charge is -2.22. The molecular formula is C41H60O9P4. The second-order valence-electron chi connectivity index (χ2n) is 10.4. The van der Waals surface area contributed by atoms with Crippen LogP contribution >= 0.6 is 37.9 Å². The smallest absolute Gasteiger partial charge is 0.305 e. The van der Waals surface area contributed by atoms with Crippen molar-refractivity contribution in [2.75, 3.05) is 14.2 Å². The SMILES string of the molecule is CC.COC(=O)CC/C=C\CC(/C=C/C=C\C=C\C=C\C(OP)C(OP)c1ccccc1)OP.COC(=O)CC/C=C\CC(/C=C/C=C\C=C\C=O)OP. The molecule has 9 nitrogen and oxygen atoms in total. The highest BCUT2D eigenvalue weighted by molar-refractivity contribution is 7.10. The van der Waals surface area contributed by atoms with Gasteiger partial charge in [0.05, 0.1) is 26.4 Å². The van der Waals surface area contributed by atoms with Crippen LogP contribution in [0.4, 0.5) is 0 Å². The van der Waals surface area contributed by atoms with Crippen LogP contribution in [-0.4, -0.2) is 50.8 Å². The van der Waals surface area contributed by atoms with Gasteiger partial charge in [0.1, 0.15) is 18.5 Å². The maximum Gasteiger partial charge on any atom is 0.305 e. The number of hydrogen-bond acceptors (Lipinski definition) is 9. The zero-order valence-electron chi connectivity index (χ0n) is 31.9. The van der Waals surface area contributed by atoms with E-state index in [1.807, 2.05) is 135 Å². The van der Waals surface area contributed by atoms with Gasteiger partial charge in [0, 0.05) is 50.7 Å². The number of esters is 2. The summed E-state index contributed by atoms with van der Waals surface area (Å²) in [5.41, 5.74) is 1.04. The molecule has 1 aromatic rings. The Hall–Kier alpha value is -2.95. The first kappa shape index (κ1) is 53.2. The summed E-state index contributed by atoms with van der Waals surface area (Å²) in [5.74, 6) is -0.409. The molecule has 0 bridgehead atoms. The Balaban J connectivity index is 0. The topological polar surface area (TPSA) is 107 Å². The van der Waals surface area contributed by atoms with Crippen molar-refractivity contribution < 1.29 is 42.0 Å². The Morgan fingerprint density at radius 3 is 1.39 bits per heavy atom. The van der Waals surface area contributed by atoms with E-state index < -0.39 is 0 Å². The molecule has 0 amide bonds. The minimum absolute atomic E-state index is 0.0472. The average molecular weight is 821 g/mol. The van der Waals surface area contributed by atoms with E-state index in [0.29, 0.717) is 25.7 Å². The zero-order chi connectivity index (χ0) is 40.5. The molecule has 13 heteroatoms. The van der Waals surface area contributed by atoms with Crippen LogP contribution in [0.5, 0.6) is 0 Å². The summed E-state index contributed by atoms with van der Waals surface area (Å²) in [4.78, 5) is 32.0. The van der Waals surface area contributed by atoms with Gasteiger partial charge in [0.2, 0.25) is 0 Å². The van der Waals surface area contributed by atoms with E-state index in [-0.39, 0.29) is 36.4 Å². The lowest BCUT2D eigenvalue weighted by molar-refractivity contribution is -0.141. The number of ether oxygens (including phenoxy) is 2. The van der Waals surface area contributed by atoms with Crippen molar-refractivity contribution in [1.29, 1.82) is 0 Å². The van der Waals surface area contributed by atoms with Crippen LogP contribution in [0.2, 0.25) is 0 Å². The maximum atomic E-state index is 11.1. The first-order valence-corrected chi connectivity index (χ1v) is 19.3. The van der Waals surface area contributed by atoms with Gasteiger partial charge in [-0.15, -0.1) is 0 Å². The van der Waals surface area contributed by atoms with Gasteiger partial charge in [-0.2, -0.15) is 0 Å². The van der Waals surface area contributed by atoms with E-state index >= 15 is 0 Å². The number of aldehydes is 1. The second-order valence-corrected chi connectivity index (χ2v) is 11.5. The fourth-order valence-electron chi connectivity index (χ4n) is 3.91. The van der Waals surface area contributed by atoms with Gasteiger partial charge in [0.25, 0.3) is 0 Å². The van der Waals surface area contributed by atoms with Crippen LogP contribution in [0.3, 0.4) is 0 Å². The lowest BCUT2D eigenvalue weighted by Crippen LogP contribution is -2.17. The Kier molecular flexibility index (Phi) is 40.6. The van der Waals surface area contributed by atoms with Gasteiger partial charge in [0.15, 0.2) is 0 Å². The summed E-state index contributed by atoms with van der Waals surface area (Å²) in [6.45, 7) is 4.00. The molecule has 1 aromatic carbocycles. The monoisotopic (exact) mass is 820 g/mol. The van der Waals surface area contributed by atoms with Crippen molar-refractivity contribution in [2.45, 2.75) is 76.8 Å². The third kappa shape index (κ3) is 31.4. The lowest BCUT2D eigenvalue weighted by atomic mass is 10.0. The largest absolute Gasteiger partial charge is 0.469 e. The molecule has 1 rings (SSSR count). The fourth-order valence-corrected chi connectivity index (χ4v) is 4.86. The molecule has 0 aliphatic rings. The minimum atomic E-state index is -0.242. The highest BCUT2D eigenvalue weighted by Crippen LogP contribution is 2.28. The summed E-state index contributed by atoms with van der Waals surface area (Å²) in [7, 11) is 11.9. The zero-order valence-corrected chi connectivity index (χ0v) is 36.5. The Morgan fingerprint density at radius 1 is 0.574 bits per heavy atom. The summed E-state index contributed by atoms with van der Waals surface area (Å²) in [6.07, 6.45) is 37.5. The third-order valence-electron chi connectivity index (χ3n) is 6.67. The van der Waals surface area contributed by atoms with Crippen LogP contribution in [-0.2, 0) is 42.0 Å². The molecule has 0 saturated heterocycles. The van der Waals surface area contributed by atoms with Gasteiger partial charge in [-0.05, 0) is 37.3 Å². The molecule has 0 heterocycles. The normalized spacial score (nSPS) is 14.3. The van der Waals surface area contributed by atoms with Crippen molar-refractivity contribution in [2.24, 2.45) is 0 Å². The Bertz CT molecular complexity index is 1350. The summed E-state index contributed by atoms with van der Waals surface area (Å²) in [5, 5.41) is 0. The first-order valence-electron chi connectivity index (χ1n) is 17.4. The molecule has 0 spiro atoms. The molecular weight excluding hydrogens is 760 g/mol. The number of carbonyl (C=O) groups is 3. The molecule has 8 atom stereocenters. The predicted molar refractivity (Wildman–Crippen MR) is 235 cm³/mol. The molecule has 0 aliphatic heterocycles. The van der Waals surface area contributed by atoms with E-state index in [4.69, 9.17) is 18.1 Å². The summed E-state index contributed by atoms with van der Waals surface area (Å²) in [6, 6.07) is 9.93. The molecule has 0 fully saturated rings. The van der Waals surface area contributed by atoms with Gasteiger partial charge < -0.3 is 27.6 Å². The van der Waals surface area contributed by atoms with Gasteiger partial charge >= 0.3 is 11.9 Å². The first-order chi connectivity index (χ1) is 26.4. The number of carbonyl (C=O) groups excluding carboxylic acids is 3. The van der Waals surface area contributed by atoms with Gasteiger partial charge in [-0.3, -0.25) is 14.4 Å². The van der Waals surface area contributed by atoms with E-state index in [1.54, 1.807) is 12.2 Å². The molecule has 0 aromatic heterocycles. The molecule has 54 heavy (non-hydrogen) atoms. The number of benzene rings is 1. The Labute approximate surface area is 333 Å². The standard InChI is InChI=1S/C24H33O5P3.C15H21O4P.C2H6/c1-26-23(25)19-13-7-11-17-21(27-30)16-10-4-2-3-5-12-18-22(28-31)24(29-32)20-14-8-6-9-15-20;1-18-15(17)12-8-5-7-11-14(19-20)10-6-3-2-4-9-13-16;1-2/h2-12,14-16,18,21-22,24H,13,17,19,30-32H2,1H3;2-7,9-10,13-14H,8,11-12,20H2,1H3;1-2H3/b4-2-,5-3+,11-7-,16-10+,18-12+;3-2-,7-5-,9-4+,10-6+;. The predicted octanol–water partition coefficient (Wildman–Crippen LogP) is 9.96. The summed E-state index contributed by atoms with van der Waals surface area (Å²) >= 11 is 0. The number of rotatable bonds is 25. The van der Waals surface area contributed by atoms with Crippen LogP contribution in [0.1, 0.15) is 64.0 Å². The van der Waals surface area contributed by atoms with Crippen LogP contribution in [0.25, 0.3) is 0 Å². The van der Waals surface area contributed by atoms with Crippen molar-refractivity contribution in [3.05, 3.63) is 145 Å². The summed E-state index contributed by atoms with van der Waals surface area (Å²) < 4.78 is 30.7. The van der Waals surface area contributed by atoms with Crippen LogP contribution < -0.4 is 0 Å². The highest BCUT2D eigenvalue weighted by atomic mass is 31.0. The quantitative estimate of drug-likeness (QED) is 0.0238. The van der Waals surface area contributed by atoms with E-state index in [9.17, 15) is 14.4 Å². The molecule has 0 radical (unpaired) electrons. The van der Waals surface area contributed by atoms with E-state index in [1.165, 1.54) is 20.3 Å². The van der Waals surface area contributed by atoms with Gasteiger partial charge in [-0.25, -0.2) is 0 Å². The van der Waals surface area contributed by atoms with E-state index in [2.05, 4.69) is 47.3 Å². The van der Waals surface area contributed by atoms with Crippen molar-refractivity contribution in [3.8, 4) is 0 Å². The van der Waals surface area contributed by atoms with Crippen LogP contribution in [0.15, 0.2) is 140 Å². The average Bonchev–Trinajstić information content (AvgIpc) is 3.21. The minimum Gasteiger partial charge on any atom is -0.469 e. The number of hydrogen-bond donors (Lipinski definition) is 0. The Morgan fingerprint density at radius 2 is 1.00 bits per heavy atom. The molecule has 0 aliphatic carbocycles. The molecule has 0 N–H and O–H groups in total. The number of allylic oxidation sites excluding steroid dienone is 13. The van der Waals surface area contributed by atoms with Crippen molar-refractivity contribution >= 4 is 56.1 Å². The molecule has 0 saturated carbocycles. The van der Waals surface area contributed by atoms with E-state index in [0.717, 1.165) is 24.7 Å². The molecule has 298 valence electrons. The third-order valence-corrected chi connectivity index (χ3v) is 7.97. The van der Waals surface area contributed by atoms with Crippen LogP contribution in [0, 0.1) is 0 Å². The maximum absolute atomic E-state index is 11.1. The molecule has 8 unspecified atom stereocenters. The highest BCUT2D eigenvalue weighted by Gasteiger charge is 2.20. The fraction of sp³-hybridized carbons (Fsp3) is 0.341. The van der Waals surface area contributed by atoms with Crippen molar-refractivity contribution in [3.63, 3.8) is 0 Å². The number of methoxy groups -OCH3 is 2. The van der Waals surface area contributed by atoms with Crippen molar-refractivity contribution in [1.82, 2.24) is 0 Å². The second kappa shape index (κ2) is 41.2. The van der Waals surface area contributed by atoms with Gasteiger partial charge in [-0.1, -0.05) is 147 Å².